The van der Waals surface area contributed by atoms with E-state index in [2.05, 4.69) is 31.3 Å². The van der Waals surface area contributed by atoms with Crippen LogP contribution in [0.15, 0.2) is 46.9 Å². The number of nitrogens with one attached hydrogen (secondary N) is 2. The number of benzene rings is 2. The minimum Gasteiger partial charge on any atom is -0.453 e. The van der Waals surface area contributed by atoms with Crippen molar-refractivity contribution in [2.75, 3.05) is 17.7 Å². The van der Waals surface area contributed by atoms with Gasteiger partial charge < -0.3 is 10.1 Å². The summed E-state index contributed by atoms with van der Waals surface area (Å²) in [6, 6.07) is 12.1. The fourth-order valence-corrected chi connectivity index (χ4v) is 1.94. The summed E-state index contributed by atoms with van der Waals surface area (Å²) in [7, 11) is 1.31. The van der Waals surface area contributed by atoms with Crippen molar-refractivity contribution >= 4 is 33.4 Å². The van der Waals surface area contributed by atoms with Gasteiger partial charge in [0, 0.05) is 17.9 Å². The maximum atomic E-state index is 13.4. The van der Waals surface area contributed by atoms with E-state index >= 15 is 0 Å². The number of carbonyl (C=O) groups excluding carboxylic acids is 1. The molecule has 110 valence electrons. The van der Waals surface area contributed by atoms with Gasteiger partial charge in [0.05, 0.1) is 11.6 Å². The lowest BCUT2D eigenvalue weighted by Crippen LogP contribution is -2.10. The minimum absolute atomic E-state index is 0.285. The zero-order valence-electron chi connectivity index (χ0n) is 11.3. The highest BCUT2D eigenvalue weighted by Crippen LogP contribution is 2.18. The second-order valence-electron chi connectivity index (χ2n) is 4.30. The third-order valence-electron chi connectivity index (χ3n) is 2.80. The first-order valence-corrected chi connectivity index (χ1v) is 7.00. The molecule has 2 aromatic carbocycles. The molecule has 0 bridgehead atoms. The van der Waals surface area contributed by atoms with E-state index in [9.17, 15) is 9.18 Å². The SMILES string of the molecule is COC(=O)Nc1ccc(NCc2ccc(Br)c(F)c2)cc1. The molecule has 0 saturated carbocycles. The van der Waals surface area contributed by atoms with E-state index in [-0.39, 0.29) is 5.82 Å². The standard InChI is InChI=1S/C15H14BrFN2O2/c1-21-15(20)19-12-5-3-11(4-6-12)18-9-10-2-7-13(16)14(17)8-10/h2-8,18H,9H2,1H3,(H,19,20). The summed E-state index contributed by atoms with van der Waals surface area (Å²) < 4.78 is 18.3. The number of hydrogen-bond acceptors (Lipinski definition) is 3. The lowest BCUT2D eigenvalue weighted by molar-refractivity contribution is 0.187. The number of ether oxygens (including phenoxy) is 1. The molecule has 0 spiro atoms. The van der Waals surface area contributed by atoms with Gasteiger partial charge in [-0.1, -0.05) is 6.07 Å². The highest BCUT2D eigenvalue weighted by atomic mass is 79.9. The largest absolute Gasteiger partial charge is 0.453 e. The fourth-order valence-electron chi connectivity index (χ4n) is 1.69. The summed E-state index contributed by atoms with van der Waals surface area (Å²) in [4.78, 5) is 11.0. The molecule has 0 atom stereocenters. The van der Waals surface area contributed by atoms with Gasteiger partial charge in [0.2, 0.25) is 0 Å². The number of rotatable bonds is 4. The first-order chi connectivity index (χ1) is 10.1. The molecule has 0 aliphatic heterocycles. The number of anilines is 2. The molecule has 0 unspecified atom stereocenters. The number of methoxy groups -OCH3 is 1. The van der Waals surface area contributed by atoms with Crippen LogP contribution in [-0.4, -0.2) is 13.2 Å². The van der Waals surface area contributed by atoms with Crippen LogP contribution in [0.2, 0.25) is 0 Å². The number of halogens is 2. The Labute approximate surface area is 130 Å². The third-order valence-corrected chi connectivity index (χ3v) is 3.44. The van der Waals surface area contributed by atoms with Crippen LogP contribution in [0.4, 0.5) is 20.6 Å². The Hall–Kier alpha value is -2.08. The Morgan fingerprint density at radius 1 is 1.19 bits per heavy atom. The summed E-state index contributed by atoms with van der Waals surface area (Å²) in [5.41, 5.74) is 2.35. The monoisotopic (exact) mass is 352 g/mol. The van der Waals surface area contributed by atoms with Gasteiger partial charge in [-0.25, -0.2) is 9.18 Å². The van der Waals surface area contributed by atoms with E-state index in [0.29, 0.717) is 16.7 Å². The highest BCUT2D eigenvalue weighted by molar-refractivity contribution is 9.10. The molecule has 0 fully saturated rings. The average Bonchev–Trinajstić information content (AvgIpc) is 2.50. The topological polar surface area (TPSA) is 50.4 Å². The Balaban J connectivity index is 1.94. The lowest BCUT2D eigenvalue weighted by atomic mass is 10.2. The van der Waals surface area contributed by atoms with Crippen LogP contribution in [-0.2, 0) is 11.3 Å². The molecule has 21 heavy (non-hydrogen) atoms. The summed E-state index contributed by atoms with van der Waals surface area (Å²) >= 11 is 3.12. The van der Waals surface area contributed by atoms with Crippen LogP contribution in [0.3, 0.4) is 0 Å². The molecule has 0 radical (unpaired) electrons. The second-order valence-corrected chi connectivity index (χ2v) is 5.15. The molecule has 6 heteroatoms. The van der Waals surface area contributed by atoms with E-state index in [0.717, 1.165) is 11.3 Å². The van der Waals surface area contributed by atoms with Gasteiger partial charge in [0.1, 0.15) is 5.82 Å². The van der Waals surface area contributed by atoms with Gasteiger partial charge >= 0.3 is 6.09 Å². The summed E-state index contributed by atoms with van der Waals surface area (Å²) in [5.74, 6) is -0.285. The predicted octanol–water partition coefficient (Wildman–Crippen LogP) is 4.38. The lowest BCUT2D eigenvalue weighted by Gasteiger charge is -2.09. The van der Waals surface area contributed by atoms with E-state index in [1.54, 1.807) is 18.2 Å². The molecule has 4 nitrogen and oxygen atoms in total. The first-order valence-electron chi connectivity index (χ1n) is 6.21. The van der Waals surface area contributed by atoms with Gasteiger partial charge in [-0.05, 0) is 57.9 Å². The molecular formula is C15H14BrFN2O2. The molecule has 0 aromatic heterocycles. The molecule has 2 N–H and O–H groups in total. The smallest absolute Gasteiger partial charge is 0.411 e. The van der Waals surface area contributed by atoms with Crippen molar-refractivity contribution in [3.8, 4) is 0 Å². The molecule has 2 aromatic rings. The minimum atomic E-state index is -0.513. The zero-order chi connectivity index (χ0) is 15.2. The summed E-state index contributed by atoms with van der Waals surface area (Å²) in [6.07, 6.45) is -0.513. The van der Waals surface area contributed by atoms with Gasteiger partial charge in [0.25, 0.3) is 0 Å². The van der Waals surface area contributed by atoms with Gasteiger partial charge in [-0.15, -0.1) is 0 Å². The molecule has 0 aliphatic rings. The second kappa shape index (κ2) is 7.08. The van der Waals surface area contributed by atoms with E-state index in [1.807, 2.05) is 18.2 Å². The number of hydrogen-bond donors (Lipinski definition) is 2. The van der Waals surface area contributed by atoms with Crippen molar-refractivity contribution in [2.45, 2.75) is 6.54 Å². The quantitative estimate of drug-likeness (QED) is 0.858. The van der Waals surface area contributed by atoms with Crippen LogP contribution in [0.1, 0.15) is 5.56 Å². The molecule has 2 rings (SSSR count). The van der Waals surface area contributed by atoms with Crippen molar-refractivity contribution in [1.29, 1.82) is 0 Å². The zero-order valence-corrected chi connectivity index (χ0v) is 12.9. The summed E-state index contributed by atoms with van der Waals surface area (Å²) in [5, 5.41) is 5.74. The van der Waals surface area contributed by atoms with Crippen molar-refractivity contribution in [1.82, 2.24) is 0 Å². The van der Waals surface area contributed by atoms with Gasteiger partial charge in [-0.2, -0.15) is 0 Å². The van der Waals surface area contributed by atoms with Crippen molar-refractivity contribution in [2.24, 2.45) is 0 Å². The van der Waals surface area contributed by atoms with E-state index < -0.39 is 6.09 Å². The normalized spacial score (nSPS) is 10.0. The van der Waals surface area contributed by atoms with Gasteiger partial charge in [0.15, 0.2) is 0 Å². The van der Waals surface area contributed by atoms with Crippen LogP contribution in [0.5, 0.6) is 0 Å². The number of amides is 1. The fraction of sp³-hybridized carbons (Fsp3) is 0.133. The third kappa shape index (κ3) is 4.46. The number of carbonyl (C=O) groups is 1. The Bertz CT molecular complexity index is 632. The molecule has 0 saturated heterocycles. The van der Waals surface area contributed by atoms with Crippen LogP contribution >= 0.6 is 15.9 Å². The summed E-state index contributed by atoms with van der Waals surface area (Å²) in [6.45, 7) is 0.508. The van der Waals surface area contributed by atoms with Crippen LogP contribution in [0.25, 0.3) is 0 Å². The Morgan fingerprint density at radius 2 is 1.86 bits per heavy atom. The maximum Gasteiger partial charge on any atom is 0.411 e. The molecule has 0 aliphatic carbocycles. The maximum absolute atomic E-state index is 13.4. The Kier molecular flexibility index (Phi) is 5.16. The highest BCUT2D eigenvalue weighted by Gasteiger charge is 2.02. The van der Waals surface area contributed by atoms with Crippen molar-refractivity contribution < 1.29 is 13.9 Å². The predicted molar refractivity (Wildman–Crippen MR) is 83.9 cm³/mol. The van der Waals surface area contributed by atoms with Crippen molar-refractivity contribution in [3.05, 3.63) is 58.3 Å². The average molecular weight is 353 g/mol. The molecule has 0 heterocycles. The van der Waals surface area contributed by atoms with Gasteiger partial charge in [-0.3, -0.25) is 5.32 Å². The van der Waals surface area contributed by atoms with Crippen LogP contribution in [0, 0.1) is 5.82 Å². The molecule has 1 amide bonds. The van der Waals surface area contributed by atoms with Crippen molar-refractivity contribution in [3.63, 3.8) is 0 Å². The Morgan fingerprint density at radius 3 is 2.48 bits per heavy atom. The first kappa shape index (κ1) is 15.3. The van der Waals surface area contributed by atoms with Crippen LogP contribution < -0.4 is 10.6 Å². The van der Waals surface area contributed by atoms with E-state index in [4.69, 9.17) is 0 Å². The molecular weight excluding hydrogens is 339 g/mol. The van der Waals surface area contributed by atoms with E-state index in [1.165, 1.54) is 13.2 Å².